The number of rotatable bonds is 3. The third-order valence-electron chi connectivity index (χ3n) is 1.64. The molecular formula is C8H10FNO2S. The Morgan fingerprint density at radius 3 is 2.62 bits per heavy atom. The predicted molar refractivity (Wildman–Crippen MR) is 47.5 cm³/mol. The van der Waals surface area contributed by atoms with E-state index in [-0.39, 0.29) is 11.4 Å². The lowest BCUT2D eigenvalue weighted by molar-refractivity contribution is 0.534. The maximum absolute atomic E-state index is 12.1. The zero-order chi connectivity index (χ0) is 9.90. The lowest BCUT2D eigenvalue weighted by Gasteiger charge is -2.01. The minimum atomic E-state index is -3.75. The molecule has 1 aromatic rings. The van der Waals surface area contributed by atoms with Gasteiger partial charge in [-0.05, 0) is 17.7 Å². The number of nitrogens with two attached hydrogens (primary N) is 1. The summed E-state index contributed by atoms with van der Waals surface area (Å²) in [6.45, 7) is 0.246. The van der Waals surface area contributed by atoms with Gasteiger partial charge in [0.05, 0.1) is 4.90 Å². The second-order valence-electron chi connectivity index (χ2n) is 2.58. The molecule has 5 heteroatoms. The molecule has 13 heavy (non-hydrogen) atoms. The predicted octanol–water partition coefficient (Wildman–Crippen LogP) is 0.846. The second-order valence-corrected chi connectivity index (χ2v) is 4.49. The van der Waals surface area contributed by atoms with E-state index < -0.39 is 15.8 Å². The summed E-state index contributed by atoms with van der Waals surface area (Å²) in [6.07, 6.45) is 0. The van der Waals surface area contributed by atoms with Gasteiger partial charge in [-0.1, -0.05) is 12.1 Å². The number of hydrogen-bond donors (Lipinski definition) is 1. The van der Waals surface area contributed by atoms with Gasteiger partial charge in [-0.2, -0.15) is 0 Å². The minimum absolute atomic E-state index is 0.0158. The number of sulfone groups is 1. The van der Waals surface area contributed by atoms with E-state index in [1.807, 2.05) is 0 Å². The Hall–Kier alpha value is -0.940. The number of halogens is 1. The zero-order valence-electron chi connectivity index (χ0n) is 6.90. The fraction of sp³-hybridized carbons (Fsp3) is 0.250. The standard InChI is InChI=1S/C8H10FNO2S/c9-6-13(11,12)8-3-1-2-7(4-8)5-10/h1-4H,5-6,10H2. The molecule has 0 aromatic heterocycles. The fourth-order valence-corrected chi connectivity index (χ4v) is 1.67. The Bertz CT molecular complexity index is 389. The summed E-state index contributed by atoms with van der Waals surface area (Å²) in [5.74, 6) is 0. The third-order valence-corrected chi connectivity index (χ3v) is 2.90. The Labute approximate surface area is 76.3 Å². The van der Waals surface area contributed by atoms with Gasteiger partial charge in [0, 0.05) is 6.54 Å². The number of benzene rings is 1. The topological polar surface area (TPSA) is 60.2 Å². The zero-order valence-corrected chi connectivity index (χ0v) is 7.72. The lowest BCUT2D eigenvalue weighted by atomic mass is 10.2. The molecule has 0 saturated carbocycles. The molecule has 0 atom stereocenters. The van der Waals surface area contributed by atoms with Gasteiger partial charge in [-0.3, -0.25) is 0 Å². The average molecular weight is 203 g/mol. The molecule has 0 radical (unpaired) electrons. The number of hydrogen-bond acceptors (Lipinski definition) is 3. The van der Waals surface area contributed by atoms with Gasteiger partial charge in [-0.25, -0.2) is 12.8 Å². The van der Waals surface area contributed by atoms with E-state index in [1.54, 1.807) is 12.1 Å². The largest absolute Gasteiger partial charge is 0.326 e. The average Bonchev–Trinajstić information content (AvgIpc) is 2.18. The van der Waals surface area contributed by atoms with Crippen molar-refractivity contribution < 1.29 is 12.8 Å². The maximum Gasteiger partial charge on any atom is 0.207 e. The van der Waals surface area contributed by atoms with Crippen LogP contribution in [0.3, 0.4) is 0 Å². The monoisotopic (exact) mass is 203 g/mol. The summed E-state index contributed by atoms with van der Waals surface area (Å²) < 4.78 is 34.2. The third kappa shape index (κ3) is 2.26. The van der Waals surface area contributed by atoms with Gasteiger partial charge in [0.25, 0.3) is 0 Å². The van der Waals surface area contributed by atoms with Crippen molar-refractivity contribution in [3.05, 3.63) is 29.8 Å². The molecule has 3 nitrogen and oxygen atoms in total. The van der Waals surface area contributed by atoms with Crippen molar-refractivity contribution in [2.45, 2.75) is 11.4 Å². The first-order valence-corrected chi connectivity index (χ1v) is 5.33. The van der Waals surface area contributed by atoms with Gasteiger partial charge in [0.2, 0.25) is 9.84 Å². The van der Waals surface area contributed by atoms with Crippen LogP contribution in [0, 0.1) is 0 Å². The van der Waals surface area contributed by atoms with E-state index in [4.69, 9.17) is 5.73 Å². The molecule has 2 N–H and O–H groups in total. The Balaban J connectivity index is 3.17. The second kappa shape index (κ2) is 3.85. The molecule has 0 spiro atoms. The lowest BCUT2D eigenvalue weighted by Crippen LogP contribution is -2.04. The highest BCUT2D eigenvalue weighted by Crippen LogP contribution is 2.12. The molecule has 0 aliphatic rings. The van der Waals surface area contributed by atoms with Crippen molar-refractivity contribution >= 4 is 9.84 Å². The first-order chi connectivity index (χ1) is 6.10. The molecule has 0 heterocycles. The highest BCUT2D eigenvalue weighted by atomic mass is 32.2. The molecule has 72 valence electrons. The fourth-order valence-electron chi connectivity index (χ4n) is 0.929. The summed E-state index contributed by atoms with van der Waals surface area (Å²) >= 11 is 0. The minimum Gasteiger partial charge on any atom is -0.326 e. The molecule has 0 bridgehead atoms. The molecule has 0 saturated heterocycles. The van der Waals surface area contributed by atoms with Crippen LogP contribution in [0.1, 0.15) is 5.56 Å². The molecule has 1 rings (SSSR count). The molecule has 0 unspecified atom stereocenters. The van der Waals surface area contributed by atoms with Crippen molar-refractivity contribution in [3.8, 4) is 0 Å². The van der Waals surface area contributed by atoms with Crippen LogP contribution in [-0.2, 0) is 16.4 Å². The van der Waals surface area contributed by atoms with E-state index in [1.165, 1.54) is 12.1 Å². The van der Waals surface area contributed by atoms with E-state index >= 15 is 0 Å². The SMILES string of the molecule is NCc1cccc(S(=O)(=O)CF)c1. The van der Waals surface area contributed by atoms with Gasteiger partial charge >= 0.3 is 0 Å². The van der Waals surface area contributed by atoms with Gasteiger partial charge in [-0.15, -0.1) is 0 Å². The van der Waals surface area contributed by atoms with Crippen LogP contribution in [0.15, 0.2) is 29.2 Å². The number of alkyl halides is 1. The molecule has 0 aliphatic heterocycles. The van der Waals surface area contributed by atoms with Crippen molar-refractivity contribution in [2.75, 3.05) is 6.01 Å². The highest BCUT2D eigenvalue weighted by molar-refractivity contribution is 7.91. The maximum atomic E-state index is 12.1. The summed E-state index contributed by atoms with van der Waals surface area (Å²) in [7, 11) is -3.75. The molecule has 0 aliphatic carbocycles. The van der Waals surface area contributed by atoms with Crippen molar-refractivity contribution in [2.24, 2.45) is 5.73 Å². The van der Waals surface area contributed by atoms with Crippen molar-refractivity contribution in [3.63, 3.8) is 0 Å². The molecule has 0 fully saturated rings. The van der Waals surface area contributed by atoms with Crippen LogP contribution in [0.2, 0.25) is 0 Å². The Morgan fingerprint density at radius 1 is 1.38 bits per heavy atom. The van der Waals surface area contributed by atoms with E-state index in [0.717, 1.165) is 0 Å². The molecule has 1 aromatic carbocycles. The normalized spacial score (nSPS) is 11.5. The van der Waals surface area contributed by atoms with Crippen LogP contribution in [0.4, 0.5) is 4.39 Å². The van der Waals surface area contributed by atoms with Crippen LogP contribution < -0.4 is 5.73 Å². The van der Waals surface area contributed by atoms with Crippen LogP contribution in [0.5, 0.6) is 0 Å². The van der Waals surface area contributed by atoms with Gasteiger partial charge in [0.15, 0.2) is 6.01 Å². The summed E-state index contributed by atoms with van der Waals surface area (Å²) in [6, 6.07) is 4.60. The summed E-state index contributed by atoms with van der Waals surface area (Å²) in [4.78, 5) is -0.0158. The van der Waals surface area contributed by atoms with Crippen molar-refractivity contribution in [1.29, 1.82) is 0 Å². The molecular weight excluding hydrogens is 193 g/mol. The van der Waals surface area contributed by atoms with Crippen LogP contribution in [0.25, 0.3) is 0 Å². The highest BCUT2D eigenvalue weighted by Gasteiger charge is 2.13. The Morgan fingerprint density at radius 2 is 2.08 bits per heavy atom. The van der Waals surface area contributed by atoms with Crippen molar-refractivity contribution in [1.82, 2.24) is 0 Å². The van der Waals surface area contributed by atoms with E-state index in [9.17, 15) is 12.8 Å². The summed E-state index contributed by atoms with van der Waals surface area (Å²) in [5.41, 5.74) is 5.99. The summed E-state index contributed by atoms with van der Waals surface area (Å²) in [5, 5.41) is 0. The Kier molecular flexibility index (Phi) is 3.00. The quantitative estimate of drug-likeness (QED) is 0.792. The van der Waals surface area contributed by atoms with E-state index in [0.29, 0.717) is 5.56 Å². The van der Waals surface area contributed by atoms with Crippen LogP contribution >= 0.6 is 0 Å². The van der Waals surface area contributed by atoms with Crippen LogP contribution in [-0.4, -0.2) is 14.4 Å². The van der Waals surface area contributed by atoms with E-state index in [2.05, 4.69) is 0 Å². The molecule has 0 amide bonds. The van der Waals surface area contributed by atoms with Gasteiger partial charge < -0.3 is 5.73 Å². The first kappa shape index (κ1) is 10.1. The van der Waals surface area contributed by atoms with Gasteiger partial charge in [0.1, 0.15) is 0 Å². The smallest absolute Gasteiger partial charge is 0.207 e. The first-order valence-electron chi connectivity index (χ1n) is 3.68.